The molecule has 0 bridgehead atoms. The molecule has 0 saturated carbocycles. The molecule has 0 fully saturated rings. The maximum atomic E-state index is 6.16. The zero-order valence-electron chi connectivity index (χ0n) is 9.50. The number of aryl methyl sites for hydroxylation is 1. The Hall–Kier alpha value is -1.02. The topological polar surface area (TPSA) is 17.8 Å². The zero-order valence-corrected chi connectivity index (χ0v) is 10.3. The number of nitrogens with zero attached hydrogens (tertiary/aromatic N) is 2. The van der Waals surface area contributed by atoms with Gasteiger partial charge in [-0.2, -0.15) is 0 Å². The normalized spacial score (nSPS) is 12.3. The smallest absolute Gasteiger partial charge is 0.204 e. The molecule has 0 radical (unpaired) electrons. The van der Waals surface area contributed by atoms with Crippen LogP contribution in [-0.2, 0) is 5.54 Å². The molecule has 0 saturated heterocycles. The molecular weight excluding hydrogens is 208 g/mol. The Kier molecular flexibility index (Phi) is 2.27. The fourth-order valence-corrected chi connectivity index (χ4v) is 2.23. The first-order chi connectivity index (χ1) is 6.89. The third-order valence-corrected chi connectivity index (χ3v) is 2.69. The van der Waals surface area contributed by atoms with E-state index in [9.17, 15) is 0 Å². The molecule has 2 rings (SSSR count). The molecule has 15 heavy (non-hydrogen) atoms. The third kappa shape index (κ3) is 1.74. The Morgan fingerprint density at radius 1 is 1.27 bits per heavy atom. The summed E-state index contributed by atoms with van der Waals surface area (Å²) in [4.78, 5) is 4.37. The van der Waals surface area contributed by atoms with E-state index < -0.39 is 0 Å². The first-order valence-corrected chi connectivity index (χ1v) is 5.42. The van der Waals surface area contributed by atoms with E-state index in [4.69, 9.17) is 11.6 Å². The molecule has 0 aliphatic heterocycles. The van der Waals surface area contributed by atoms with Crippen LogP contribution < -0.4 is 0 Å². The van der Waals surface area contributed by atoms with Gasteiger partial charge in [0, 0.05) is 5.54 Å². The number of hydrogen-bond acceptors (Lipinski definition) is 1. The summed E-state index contributed by atoms with van der Waals surface area (Å²) in [7, 11) is 0. The predicted molar refractivity (Wildman–Crippen MR) is 64.5 cm³/mol. The first kappa shape index (κ1) is 10.5. The van der Waals surface area contributed by atoms with Crippen molar-refractivity contribution in [1.82, 2.24) is 9.55 Å². The van der Waals surface area contributed by atoms with Crippen molar-refractivity contribution in [3.05, 3.63) is 29.0 Å². The summed E-state index contributed by atoms with van der Waals surface area (Å²) in [5, 5.41) is 0.558. The van der Waals surface area contributed by atoms with Gasteiger partial charge in [0.2, 0.25) is 5.28 Å². The van der Waals surface area contributed by atoms with E-state index in [1.54, 1.807) is 0 Å². The van der Waals surface area contributed by atoms with E-state index in [1.165, 1.54) is 5.56 Å². The van der Waals surface area contributed by atoms with Gasteiger partial charge in [-0.05, 0) is 57.0 Å². The van der Waals surface area contributed by atoms with Gasteiger partial charge in [0.25, 0.3) is 0 Å². The Labute approximate surface area is 94.9 Å². The molecule has 0 amide bonds. The van der Waals surface area contributed by atoms with Crippen molar-refractivity contribution in [2.24, 2.45) is 0 Å². The lowest BCUT2D eigenvalue weighted by Gasteiger charge is -2.22. The van der Waals surface area contributed by atoms with Crippen LogP contribution in [0.5, 0.6) is 0 Å². The molecule has 1 aromatic heterocycles. The van der Waals surface area contributed by atoms with E-state index in [0.717, 1.165) is 11.0 Å². The summed E-state index contributed by atoms with van der Waals surface area (Å²) in [5.41, 5.74) is 3.23. The Balaban J connectivity index is 2.80. The van der Waals surface area contributed by atoms with Gasteiger partial charge in [-0.15, -0.1) is 0 Å². The lowest BCUT2D eigenvalue weighted by Crippen LogP contribution is -2.21. The highest BCUT2D eigenvalue weighted by Crippen LogP contribution is 2.28. The maximum Gasteiger partial charge on any atom is 0.204 e. The van der Waals surface area contributed by atoms with Crippen LogP contribution in [0.25, 0.3) is 11.0 Å². The van der Waals surface area contributed by atoms with Crippen molar-refractivity contribution in [2.45, 2.75) is 33.2 Å². The molecule has 80 valence electrons. The second kappa shape index (κ2) is 3.24. The molecule has 0 aliphatic rings. The zero-order chi connectivity index (χ0) is 11.2. The van der Waals surface area contributed by atoms with Crippen molar-refractivity contribution in [3.8, 4) is 0 Å². The van der Waals surface area contributed by atoms with Gasteiger partial charge in [0.1, 0.15) is 0 Å². The molecule has 0 atom stereocenters. The average Bonchev–Trinajstić information content (AvgIpc) is 2.38. The molecule has 0 unspecified atom stereocenters. The van der Waals surface area contributed by atoms with Crippen LogP contribution in [0.1, 0.15) is 26.3 Å². The van der Waals surface area contributed by atoms with Crippen molar-refractivity contribution >= 4 is 22.6 Å². The van der Waals surface area contributed by atoms with E-state index in [-0.39, 0.29) is 5.54 Å². The van der Waals surface area contributed by atoms with Crippen LogP contribution in [0.3, 0.4) is 0 Å². The van der Waals surface area contributed by atoms with E-state index in [1.807, 2.05) is 0 Å². The van der Waals surface area contributed by atoms with Crippen LogP contribution in [0.4, 0.5) is 0 Å². The second-order valence-corrected chi connectivity index (χ2v) is 5.22. The summed E-state index contributed by atoms with van der Waals surface area (Å²) < 4.78 is 2.06. The molecule has 0 N–H and O–H groups in total. The summed E-state index contributed by atoms with van der Waals surface area (Å²) >= 11 is 6.16. The first-order valence-electron chi connectivity index (χ1n) is 5.05. The molecule has 1 heterocycles. The fraction of sp³-hybridized carbons (Fsp3) is 0.417. The van der Waals surface area contributed by atoms with Crippen molar-refractivity contribution < 1.29 is 0 Å². The molecule has 0 spiro atoms. The summed E-state index contributed by atoms with van der Waals surface area (Å²) in [5.74, 6) is 0. The van der Waals surface area contributed by atoms with Crippen LogP contribution in [0.2, 0.25) is 5.28 Å². The predicted octanol–water partition coefficient (Wildman–Crippen LogP) is 3.75. The van der Waals surface area contributed by atoms with Crippen molar-refractivity contribution in [1.29, 1.82) is 0 Å². The minimum atomic E-state index is -0.0406. The minimum Gasteiger partial charge on any atom is -0.309 e. The fourth-order valence-electron chi connectivity index (χ4n) is 1.80. The Bertz CT molecular complexity index is 506. The number of aromatic nitrogens is 2. The second-order valence-electron chi connectivity index (χ2n) is 4.88. The van der Waals surface area contributed by atoms with Gasteiger partial charge in [-0.1, -0.05) is 6.07 Å². The highest BCUT2D eigenvalue weighted by atomic mass is 35.5. The molecule has 1 aromatic carbocycles. The van der Waals surface area contributed by atoms with Crippen LogP contribution in [0, 0.1) is 6.92 Å². The number of benzene rings is 1. The SMILES string of the molecule is Cc1ccc2c(c1)nc(Cl)n2C(C)(C)C. The van der Waals surface area contributed by atoms with Crippen molar-refractivity contribution in [2.75, 3.05) is 0 Å². The van der Waals surface area contributed by atoms with Crippen LogP contribution in [0.15, 0.2) is 18.2 Å². The number of halogens is 1. The van der Waals surface area contributed by atoms with Gasteiger partial charge < -0.3 is 4.57 Å². The molecule has 2 nitrogen and oxygen atoms in total. The summed E-state index contributed by atoms with van der Waals surface area (Å²) in [6, 6.07) is 6.22. The van der Waals surface area contributed by atoms with Gasteiger partial charge in [0.15, 0.2) is 0 Å². The van der Waals surface area contributed by atoms with Gasteiger partial charge in [0.05, 0.1) is 11.0 Å². The molecule has 3 heteroatoms. The number of imidazole rings is 1. The maximum absolute atomic E-state index is 6.16. The Morgan fingerprint density at radius 3 is 2.53 bits per heavy atom. The highest BCUT2D eigenvalue weighted by Gasteiger charge is 2.20. The molecular formula is C12H15ClN2. The average molecular weight is 223 g/mol. The quantitative estimate of drug-likeness (QED) is 0.664. The third-order valence-electron chi connectivity index (χ3n) is 2.44. The number of rotatable bonds is 0. The van der Waals surface area contributed by atoms with Crippen LogP contribution in [-0.4, -0.2) is 9.55 Å². The summed E-state index contributed by atoms with van der Waals surface area (Å²) in [6.07, 6.45) is 0. The largest absolute Gasteiger partial charge is 0.309 e. The monoisotopic (exact) mass is 222 g/mol. The van der Waals surface area contributed by atoms with Gasteiger partial charge in [-0.3, -0.25) is 0 Å². The minimum absolute atomic E-state index is 0.0406. The summed E-state index contributed by atoms with van der Waals surface area (Å²) in [6.45, 7) is 8.43. The molecule has 0 aliphatic carbocycles. The van der Waals surface area contributed by atoms with Gasteiger partial charge >= 0.3 is 0 Å². The number of hydrogen-bond donors (Lipinski definition) is 0. The van der Waals surface area contributed by atoms with E-state index >= 15 is 0 Å². The Morgan fingerprint density at radius 2 is 1.93 bits per heavy atom. The lowest BCUT2D eigenvalue weighted by molar-refractivity contribution is 0.409. The highest BCUT2D eigenvalue weighted by molar-refractivity contribution is 6.29. The van der Waals surface area contributed by atoms with E-state index in [2.05, 4.69) is 55.4 Å². The van der Waals surface area contributed by atoms with E-state index in [0.29, 0.717) is 5.28 Å². The number of fused-ring (bicyclic) bond motifs is 1. The van der Waals surface area contributed by atoms with Crippen molar-refractivity contribution in [3.63, 3.8) is 0 Å². The molecule has 2 aromatic rings. The van der Waals surface area contributed by atoms with Gasteiger partial charge in [-0.25, -0.2) is 4.98 Å². The standard InChI is InChI=1S/C12H15ClN2/c1-8-5-6-10-9(7-8)14-11(13)15(10)12(2,3)4/h5-7H,1-4H3. The lowest BCUT2D eigenvalue weighted by atomic mass is 10.1. The van der Waals surface area contributed by atoms with Crippen LogP contribution >= 0.6 is 11.6 Å².